The highest BCUT2D eigenvalue weighted by Crippen LogP contribution is 2.13. The van der Waals surface area contributed by atoms with Gasteiger partial charge in [0.15, 0.2) is 0 Å². The van der Waals surface area contributed by atoms with E-state index in [1.54, 1.807) is 5.01 Å². The molecular weight excluding hydrogens is 212 g/mol. The molecule has 0 atom stereocenters. The number of aliphatic imine (C=N–C) groups is 1. The minimum absolute atomic E-state index is 0.418. The third-order valence-electron chi connectivity index (χ3n) is 2.47. The first kappa shape index (κ1) is 13.5. The molecule has 1 aliphatic heterocycles. The number of rotatable bonds is 3. The van der Waals surface area contributed by atoms with Crippen molar-refractivity contribution < 1.29 is 0 Å². The molecule has 0 aliphatic carbocycles. The van der Waals surface area contributed by atoms with E-state index in [-0.39, 0.29) is 0 Å². The van der Waals surface area contributed by atoms with Crippen molar-refractivity contribution in [3.63, 3.8) is 0 Å². The van der Waals surface area contributed by atoms with Crippen LogP contribution in [-0.2, 0) is 0 Å². The first-order valence-corrected chi connectivity index (χ1v) is 6.02. The molecule has 94 valence electrons. The maximum absolute atomic E-state index is 4.50. The van der Waals surface area contributed by atoms with Crippen molar-refractivity contribution in [2.24, 2.45) is 16.0 Å². The van der Waals surface area contributed by atoms with Gasteiger partial charge in [-0.3, -0.25) is 0 Å². The van der Waals surface area contributed by atoms with Crippen molar-refractivity contribution in [1.29, 1.82) is 0 Å². The predicted octanol–water partition coefficient (Wildman–Crippen LogP) is 2.67. The summed E-state index contributed by atoms with van der Waals surface area (Å²) in [6.45, 7) is 11.2. The van der Waals surface area contributed by atoms with Crippen molar-refractivity contribution in [2.45, 2.75) is 27.2 Å². The molecule has 0 saturated heterocycles. The van der Waals surface area contributed by atoms with E-state index in [9.17, 15) is 0 Å². The minimum atomic E-state index is 0.418. The molecule has 0 bridgehead atoms. The zero-order valence-electron chi connectivity index (χ0n) is 11.2. The molecule has 1 heterocycles. The van der Waals surface area contributed by atoms with Crippen LogP contribution in [0.25, 0.3) is 0 Å². The van der Waals surface area contributed by atoms with Crippen molar-refractivity contribution in [3.05, 3.63) is 24.7 Å². The molecule has 0 radical (unpaired) electrons. The second-order valence-electron chi connectivity index (χ2n) is 4.40. The Bertz CT molecular complexity index is 352. The van der Waals surface area contributed by atoms with Gasteiger partial charge in [0.05, 0.1) is 0 Å². The normalized spacial score (nSPS) is 16.6. The summed E-state index contributed by atoms with van der Waals surface area (Å²) >= 11 is 0. The topological polar surface area (TPSA) is 31.2 Å². The first-order chi connectivity index (χ1) is 8.04. The second-order valence-corrected chi connectivity index (χ2v) is 4.40. The Morgan fingerprint density at radius 3 is 2.94 bits per heavy atom. The summed E-state index contributed by atoms with van der Waals surface area (Å²) in [5.74, 6) is 2.10. The molecule has 0 aromatic carbocycles. The molecule has 0 saturated carbocycles. The Morgan fingerprint density at radius 1 is 1.65 bits per heavy atom. The molecule has 0 aromatic heterocycles. The molecule has 1 rings (SSSR count). The molecule has 0 fully saturated rings. The van der Waals surface area contributed by atoms with Crippen LogP contribution in [0.4, 0.5) is 0 Å². The van der Waals surface area contributed by atoms with E-state index in [4.69, 9.17) is 0 Å². The molecule has 4 heteroatoms. The van der Waals surface area contributed by atoms with Crippen LogP contribution in [0.3, 0.4) is 0 Å². The Balaban J connectivity index is 2.81. The summed E-state index contributed by atoms with van der Waals surface area (Å²) in [5.41, 5.74) is 0. The molecule has 0 unspecified atom stereocenters. The van der Waals surface area contributed by atoms with Crippen LogP contribution in [0.2, 0.25) is 0 Å². The fraction of sp³-hybridized carbons (Fsp3) is 0.538. The molecule has 0 spiro atoms. The number of hydrazone groups is 1. The number of hydrogen-bond acceptors (Lipinski definition) is 4. The molecule has 4 nitrogen and oxygen atoms in total. The van der Waals surface area contributed by atoms with E-state index in [1.807, 2.05) is 19.5 Å². The lowest BCUT2D eigenvalue weighted by Crippen LogP contribution is -2.25. The summed E-state index contributed by atoms with van der Waals surface area (Å²) < 4.78 is 0. The van der Waals surface area contributed by atoms with Crippen LogP contribution in [0.5, 0.6) is 0 Å². The number of hydrogen-bond donors (Lipinski definition) is 0. The number of nitrogens with zero attached hydrogens (tertiary/aromatic N) is 4. The average molecular weight is 234 g/mol. The minimum Gasteiger partial charge on any atom is -0.363 e. The lowest BCUT2D eigenvalue weighted by molar-refractivity contribution is 0.488. The monoisotopic (exact) mass is 234 g/mol. The largest absolute Gasteiger partial charge is 0.363 e. The molecular formula is C13H22N4. The highest BCUT2D eigenvalue weighted by atomic mass is 15.5. The summed E-state index contributed by atoms with van der Waals surface area (Å²) in [4.78, 5) is 6.62. The average Bonchev–Trinajstić information content (AvgIpc) is 2.47. The van der Waals surface area contributed by atoms with Gasteiger partial charge < -0.3 is 4.90 Å². The van der Waals surface area contributed by atoms with Crippen LogP contribution < -0.4 is 0 Å². The standard InChI is InChI=1S/C13H22N4/c1-6-16(5)13-8-7-9-17(12(4)15-13)14-10-11(2)3/h7,9-11H,4,6,8H2,1-3,5H3/b14-10-. The van der Waals surface area contributed by atoms with Crippen LogP contribution in [0.15, 0.2) is 34.8 Å². The third kappa shape index (κ3) is 4.06. The Kier molecular flexibility index (Phi) is 4.94. The van der Waals surface area contributed by atoms with Gasteiger partial charge in [-0.05, 0) is 12.8 Å². The van der Waals surface area contributed by atoms with Crippen molar-refractivity contribution in [1.82, 2.24) is 9.91 Å². The smallest absolute Gasteiger partial charge is 0.148 e. The lowest BCUT2D eigenvalue weighted by atomic mass is 10.3. The van der Waals surface area contributed by atoms with Crippen LogP contribution in [0.1, 0.15) is 27.2 Å². The van der Waals surface area contributed by atoms with Gasteiger partial charge in [0, 0.05) is 32.4 Å². The second kappa shape index (κ2) is 6.23. The van der Waals surface area contributed by atoms with Crippen LogP contribution in [0, 0.1) is 5.92 Å². The quantitative estimate of drug-likeness (QED) is 0.703. The van der Waals surface area contributed by atoms with E-state index >= 15 is 0 Å². The van der Waals surface area contributed by atoms with Gasteiger partial charge in [-0.1, -0.05) is 26.5 Å². The van der Waals surface area contributed by atoms with E-state index in [2.05, 4.69) is 48.4 Å². The van der Waals surface area contributed by atoms with Crippen LogP contribution in [-0.4, -0.2) is 35.6 Å². The SMILES string of the molecule is C=C1N=C(N(C)CC)CC=CN1/N=C\C(C)C. The summed E-state index contributed by atoms with van der Waals surface area (Å²) in [5, 5.41) is 6.06. The Morgan fingerprint density at radius 2 is 2.35 bits per heavy atom. The highest BCUT2D eigenvalue weighted by Gasteiger charge is 2.10. The van der Waals surface area contributed by atoms with Crippen molar-refractivity contribution >= 4 is 12.1 Å². The van der Waals surface area contributed by atoms with E-state index in [1.165, 1.54) is 0 Å². The lowest BCUT2D eigenvalue weighted by Gasteiger charge is -2.18. The van der Waals surface area contributed by atoms with Crippen molar-refractivity contribution in [2.75, 3.05) is 13.6 Å². The summed E-state index contributed by atoms with van der Waals surface area (Å²) in [6, 6.07) is 0. The maximum Gasteiger partial charge on any atom is 0.148 e. The van der Waals surface area contributed by atoms with Gasteiger partial charge >= 0.3 is 0 Å². The van der Waals surface area contributed by atoms with E-state index < -0.39 is 0 Å². The predicted molar refractivity (Wildman–Crippen MR) is 73.8 cm³/mol. The van der Waals surface area contributed by atoms with Gasteiger partial charge in [0.1, 0.15) is 11.7 Å². The highest BCUT2D eigenvalue weighted by molar-refractivity contribution is 5.84. The van der Waals surface area contributed by atoms with Gasteiger partial charge in [0.25, 0.3) is 0 Å². The molecule has 0 N–H and O–H groups in total. The van der Waals surface area contributed by atoms with Gasteiger partial charge in [-0.15, -0.1) is 0 Å². The summed E-state index contributed by atoms with van der Waals surface area (Å²) in [6.07, 6.45) is 6.68. The zero-order chi connectivity index (χ0) is 12.8. The van der Waals surface area contributed by atoms with Crippen LogP contribution >= 0.6 is 0 Å². The van der Waals surface area contributed by atoms with E-state index in [0.29, 0.717) is 11.7 Å². The maximum atomic E-state index is 4.50. The van der Waals surface area contributed by atoms with Gasteiger partial charge in [0.2, 0.25) is 0 Å². The van der Waals surface area contributed by atoms with E-state index in [0.717, 1.165) is 18.8 Å². The fourth-order valence-electron chi connectivity index (χ4n) is 1.32. The molecule has 1 aliphatic rings. The molecule has 0 amide bonds. The Labute approximate surface area is 104 Å². The van der Waals surface area contributed by atoms with Crippen molar-refractivity contribution in [3.8, 4) is 0 Å². The first-order valence-electron chi connectivity index (χ1n) is 6.02. The van der Waals surface area contributed by atoms with Gasteiger partial charge in [-0.2, -0.15) is 5.10 Å². The zero-order valence-corrected chi connectivity index (χ0v) is 11.2. The summed E-state index contributed by atoms with van der Waals surface area (Å²) in [7, 11) is 2.03. The third-order valence-corrected chi connectivity index (χ3v) is 2.47. The fourth-order valence-corrected chi connectivity index (χ4v) is 1.32. The number of amidine groups is 1. The Hall–Kier alpha value is -1.58. The molecule has 0 aromatic rings. The van der Waals surface area contributed by atoms with Gasteiger partial charge in [-0.25, -0.2) is 10.0 Å². The molecule has 17 heavy (non-hydrogen) atoms.